The van der Waals surface area contributed by atoms with Gasteiger partial charge in [0, 0.05) is 23.2 Å². The van der Waals surface area contributed by atoms with Gasteiger partial charge in [0.15, 0.2) is 0 Å². The van der Waals surface area contributed by atoms with E-state index in [0.717, 1.165) is 31.2 Å². The van der Waals surface area contributed by atoms with Crippen LogP contribution in [0.2, 0.25) is 5.02 Å². The molecule has 2 aromatic rings. The second kappa shape index (κ2) is 12.2. The first-order valence-corrected chi connectivity index (χ1v) is 13.4. The van der Waals surface area contributed by atoms with Crippen LogP contribution in [0.15, 0.2) is 53.5 Å². The smallest absolute Gasteiger partial charge is 0.272 e. The number of anilines is 1. The van der Waals surface area contributed by atoms with Crippen LogP contribution in [-0.4, -0.2) is 54.7 Å². The number of ether oxygens (including phenoxy) is 1. The largest absolute Gasteiger partial charge is 0.390 e. The molecule has 3 atom stereocenters. The minimum Gasteiger partial charge on any atom is -0.390 e. The number of fused-ring (bicyclic) bond motifs is 1. The summed E-state index contributed by atoms with van der Waals surface area (Å²) >= 11 is 6.32. The van der Waals surface area contributed by atoms with Crippen molar-refractivity contribution in [3.8, 4) is 0 Å². The Bertz CT molecular complexity index is 1130. The first kappa shape index (κ1) is 27.3. The molecule has 4 rings (SSSR count). The molecule has 2 aliphatic rings. The first-order chi connectivity index (χ1) is 17.8. The van der Waals surface area contributed by atoms with Crippen molar-refractivity contribution in [2.75, 3.05) is 18.6 Å². The maximum atomic E-state index is 13.5. The van der Waals surface area contributed by atoms with E-state index < -0.39 is 24.1 Å². The van der Waals surface area contributed by atoms with E-state index in [1.54, 1.807) is 25.2 Å². The third-order valence-electron chi connectivity index (χ3n) is 7.21. The van der Waals surface area contributed by atoms with Gasteiger partial charge in [-0.15, -0.1) is 0 Å². The van der Waals surface area contributed by atoms with Crippen LogP contribution >= 0.6 is 11.6 Å². The average Bonchev–Trinajstić information content (AvgIpc) is 2.98. The molecule has 1 unspecified atom stereocenters. The number of benzodiazepines with no additional fused rings is 1. The van der Waals surface area contributed by atoms with Crippen LogP contribution in [0, 0.1) is 11.8 Å². The van der Waals surface area contributed by atoms with Gasteiger partial charge < -0.3 is 20.1 Å². The molecule has 0 aromatic heterocycles. The van der Waals surface area contributed by atoms with Gasteiger partial charge in [0.25, 0.3) is 5.91 Å². The molecular weight excluding hydrogens is 490 g/mol. The Kier molecular flexibility index (Phi) is 9.00. The van der Waals surface area contributed by atoms with E-state index in [0.29, 0.717) is 22.0 Å². The predicted octanol–water partition coefficient (Wildman–Crippen LogP) is 4.58. The Hall–Kier alpha value is -2.74. The Labute approximate surface area is 223 Å². The van der Waals surface area contributed by atoms with Crippen LogP contribution in [0.5, 0.6) is 0 Å². The summed E-state index contributed by atoms with van der Waals surface area (Å²) < 4.78 is 5.96. The minimum absolute atomic E-state index is 0.0852. The Morgan fingerprint density at radius 1 is 1.16 bits per heavy atom. The van der Waals surface area contributed by atoms with Crippen LogP contribution in [-0.2, 0) is 14.3 Å². The fraction of sp³-hybridized carbons (Fsp3) is 0.483. The monoisotopic (exact) mass is 525 g/mol. The van der Waals surface area contributed by atoms with Crippen molar-refractivity contribution in [3.63, 3.8) is 0 Å². The maximum Gasteiger partial charge on any atom is 0.272 e. The number of aliphatic hydroxyl groups excluding tert-OH is 1. The lowest BCUT2D eigenvalue weighted by atomic mass is 9.89. The molecule has 198 valence electrons. The number of halogens is 1. The Morgan fingerprint density at radius 2 is 1.86 bits per heavy atom. The van der Waals surface area contributed by atoms with Crippen molar-refractivity contribution >= 4 is 34.8 Å². The number of hydrogen-bond donors (Lipinski definition) is 2. The summed E-state index contributed by atoms with van der Waals surface area (Å²) in [6, 6.07) is 14.8. The quantitative estimate of drug-likeness (QED) is 0.528. The van der Waals surface area contributed by atoms with Gasteiger partial charge >= 0.3 is 0 Å². The zero-order valence-corrected chi connectivity index (χ0v) is 22.4. The number of rotatable bonds is 8. The number of amides is 2. The van der Waals surface area contributed by atoms with E-state index in [-0.39, 0.29) is 24.5 Å². The first-order valence-electron chi connectivity index (χ1n) is 13.1. The number of aliphatic hydroxyl groups is 1. The molecule has 0 radical (unpaired) electrons. The lowest BCUT2D eigenvalue weighted by molar-refractivity contribution is -0.137. The molecule has 2 aromatic carbocycles. The summed E-state index contributed by atoms with van der Waals surface area (Å²) in [6.45, 7) is 3.85. The van der Waals surface area contributed by atoms with Crippen LogP contribution in [0.3, 0.4) is 0 Å². The summed E-state index contributed by atoms with van der Waals surface area (Å²) in [6.07, 6.45) is 3.40. The maximum absolute atomic E-state index is 13.5. The molecule has 1 aliphatic carbocycles. The van der Waals surface area contributed by atoms with Crippen LogP contribution in [0.4, 0.5) is 5.69 Å². The van der Waals surface area contributed by atoms with Gasteiger partial charge in [-0.2, -0.15) is 0 Å². The van der Waals surface area contributed by atoms with Gasteiger partial charge in [-0.1, -0.05) is 75.0 Å². The molecule has 1 fully saturated rings. The molecule has 7 nitrogen and oxygen atoms in total. The predicted molar refractivity (Wildman–Crippen MR) is 146 cm³/mol. The van der Waals surface area contributed by atoms with Crippen molar-refractivity contribution in [2.24, 2.45) is 16.8 Å². The summed E-state index contributed by atoms with van der Waals surface area (Å²) in [7, 11) is 1.66. The number of hydrogen-bond acceptors (Lipinski definition) is 5. The lowest BCUT2D eigenvalue weighted by Crippen LogP contribution is -2.51. The third kappa shape index (κ3) is 6.40. The van der Waals surface area contributed by atoms with Gasteiger partial charge in [0.2, 0.25) is 12.1 Å². The second-order valence-corrected chi connectivity index (χ2v) is 10.7. The molecular formula is C29H36ClN3O4. The fourth-order valence-corrected chi connectivity index (χ4v) is 5.36. The molecule has 0 spiro atoms. The van der Waals surface area contributed by atoms with Crippen LogP contribution in [0.1, 0.15) is 57.1 Å². The van der Waals surface area contributed by atoms with Crippen molar-refractivity contribution in [3.05, 3.63) is 64.7 Å². The molecule has 0 bridgehead atoms. The highest BCUT2D eigenvalue weighted by molar-refractivity contribution is 6.32. The number of aliphatic imine (C=N–C) groups is 1. The molecule has 37 heavy (non-hydrogen) atoms. The van der Waals surface area contributed by atoms with E-state index in [1.807, 2.05) is 44.2 Å². The topological polar surface area (TPSA) is 91.2 Å². The summed E-state index contributed by atoms with van der Waals surface area (Å²) in [4.78, 5) is 33.2. The third-order valence-corrected chi connectivity index (χ3v) is 7.45. The number of carbonyl (C=O) groups excluding carboxylic acids is 2. The van der Waals surface area contributed by atoms with Gasteiger partial charge in [-0.05, 0) is 37.0 Å². The molecule has 1 aliphatic heterocycles. The zero-order valence-electron chi connectivity index (χ0n) is 21.7. The molecule has 0 saturated heterocycles. The number of nitrogens with one attached hydrogen (secondary N) is 1. The molecule has 1 heterocycles. The molecule has 1 saturated carbocycles. The van der Waals surface area contributed by atoms with Crippen molar-refractivity contribution in [2.45, 2.75) is 64.3 Å². The number of carbonyl (C=O) groups is 2. The Balaban J connectivity index is 1.60. The Morgan fingerprint density at radius 3 is 2.54 bits per heavy atom. The van der Waals surface area contributed by atoms with Gasteiger partial charge in [0.1, 0.15) is 0 Å². The van der Waals surface area contributed by atoms with Crippen molar-refractivity contribution in [1.82, 2.24) is 5.32 Å². The SMILES string of the molecule is CC(C)[C@@H](C(=O)NC1N=C(c2ccccc2)c2cc(Cl)ccc2N(C)C1=O)[C@H](O)COC1CCCCC1. The van der Waals surface area contributed by atoms with Crippen LogP contribution in [0.25, 0.3) is 0 Å². The van der Waals surface area contributed by atoms with Gasteiger partial charge in [-0.25, -0.2) is 4.99 Å². The summed E-state index contributed by atoms with van der Waals surface area (Å²) in [5.41, 5.74) is 2.71. The number of benzene rings is 2. The summed E-state index contributed by atoms with van der Waals surface area (Å²) in [5, 5.41) is 14.3. The highest BCUT2D eigenvalue weighted by Gasteiger charge is 2.36. The van der Waals surface area contributed by atoms with E-state index in [1.165, 1.54) is 11.3 Å². The average molecular weight is 526 g/mol. The number of nitrogens with zero attached hydrogens (tertiary/aromatic N) is 2. The van der Waals surface area contributed by atoms with Crippen LogP contribution < -0.4 is 10.2 Å². The van der Waals surface area contributed by atoms with Crippen molar-refractivity contribution in [1.29, 1.82) is 0 Å². The molecule has 2 amide bonds. The summed E-state index contributed by atoms with van der Waals surface area (Å²) in [5.74, 6) is -1.73. The highest BCUT2D eigenvalue weighted by atomic mass is 35.5. The van der Waals surface area contributed by atoms with Gasteiger partial charge in [0.05, 0.1) is 36.1 Å². The minimum atomic E-state index is -1.16. The van der Waals surface area contributed by atoms with E-state index >= 15 is 0 Å². The number of likely N-dealkylation sites (N-methyl/N-ethyl adjacent to an activating group) is 1. The second-order valence-electron chi connectivity index (χ2n) is 10.2. The highest BCUT2D eigenvalue weighted by Crippen LogP contribution is 2.30. The lowest BCUT2D eigenvalue weighted by Gasteiger charge is -2.29. The zero-order chi connectivity index (χ0) is 26.5. The normalized spacial score (nSPS) is 20.2. The van der Waals surface area contributed by atoms with E-state index in [4.69, 9.17) is 21.3 Å². The standard InChI is InChI=1S/C29H36ClN3O4/c1-18(2)25(24(34)17-37-21-12-8-5-9-13-21)28(35)32-27-29(36)33(3)23-15-14-20(30)16-22(23)26(31-27)19-10-6-4-7-11-19/h4,6-7,10-11,14-16,18,21,24-25,27,34H,5,8-9,12-13,17H2,1-3H3,(H,32,35)/t24-,25-,27?/m1/s1. The molecule has 8 heteroatoms. The fourth-order valence-electron chi connectivity index (χ4n) is 5.19. The molecule has 2 N–H and O–H groups in total. The van der Waals surface area contributed by atoms with E-state index in [2.05, 4.69) is 5.32 Å². The van der Waals surface area contributed by atoms with Crippen molar-refractivity contribution < 1.29 is 19.4 Å². The van der Waals surface area contributed by atoms with E-state index in [9.17, 15) is 14.7 Å². The van der Waals surface area contributed by atoms with Gasteiger partial charge in [-0.3, -0.25) is 9.59 Å².